The molecule has 15 nitrogen and oxygen atoms in total. The zero-order chi connectivity index (χ0) is 36.1. The van der Waals surface area contributed by atoms with Gasteiger partial charge in [-0.3, -0.25) is 14.7 Å². The van der Waals surface area contributed by atoms with E-state index in [4.69, 9.17) is 24.2 Å². The summed E-state index contributed by atoms with van der Waals surface area (Å²) < 4.78 is 26.5. The number of azide groups is 1. The topological polar surface area (TPSA) is 179 Å². The summed E-state index contributed by atoms with van der Waals surface area (Å²) in [5, 5.41) is 6.24. The minimum atomic E-state index is -2.14. The van der Waals surface area contributed by atoms with Gasteiger partial charge in [0.2, 0.25) is 11.9 Å². The predicted octanol–water partition coefficient (Wildman–Crippen LogP) is 7.72. The zero-order valence-corrected chi connectivity index (χ0v) is 30.3. The number of hydrogen-bond acceptors (Lipinski definition) is 10. The van der Waals surface area contributed by atoms with Crippen molar-refractivity contribution < 1.29 is 28.2 Å². The minimum Gasteiger partial charge on any atom is -0.414 e. The fourth-order valence-corrected chi connectivity index (χ4v) is 6.00. The van der Waals surface area contributed by atoms with E-state index in [9.17, 15) is 9.59 Å². The molecule has 0 aliphatic carbocycles. The fourth-order valence-electron chi connectivity index (χ4n) is 4.98. The number of imidazole rings is 1. The Labute approximate surface area is 291 Å². The first kappa shape index (κ1) is 36.4. The van der Waals surface area contributed by atoms with Crippen LogP contribution in [-0.4, -0.2) is 65.4 Å². The average Bonchev–Trinajstić information content (AvgIpc) is 3.68. The van der Waals surface area contributed by atoms with Gasteiger partial charge in [-0.15, -0.1) is 0 Å². The molecule has 4 aromatic rings. The van der Waals surface area contributed by atoms with Crippen molar-refractivity contribution in [1.82, 2.24) is 19.5 Å². The number of fused-ring (bicyclic) bond motifs is 1. The first-order chi connectivity index (χ1) is 23.8. The summed E-state index contributed by atoms with van der Waals surface area (Å²) >= 11 is 0. The Balaban J connectivity index is 1.51. The van der Waals surface area contributed by atoms with Gasteiger partial charge in [-0.2, -0.15) is 9.97 Å². The summed E-state index contributed by atoms with van der Waals surface area (Å²) in [6, 6.07) is 18.1. The van der Waals surface area contributed by atoms with Crippen LogP contribution in [0, 0.1) is 5.92 Å². The van der Waals surface area contributed by atoms with Crippen molar-refractivity contribution >= 4 is 48.8 Å². The molecule has 3 atom stereocenters. The van der Waals surface area contributed by atoms with Crippen molar-refractivity contribution in [1.29, 1.82) is 0 Å². The number of aromatic nitrogens is 4. The molecule has 0 bridgehead atoms. The van der Waals surface area contributed by atoms with Gasteiger partial charge >= 0.3 is 6.09 Å². The second-order valence-electron chi connectivity index (χ2n) is 13.7. The van der Waals surface area contributed by atoms with Gasteiger partial charge in [-0.1, -0.05) is 76.1 Å². The molecule has 1 N–H and O–H groups in total. The van der Waals surface area contributed by atoms with Gasteiger partial charge < -0.3 is 18.6 Å². The maximum absolute atomic E-state index is 13.9. The molecule has 2 aromatic heterocycles. The molecular weight excluding hydrogens is 659 g/mol. The molecule has 3 heterocycles. The Morgan fingerprint density at radius 1 is 1.10 bits per heavy atom. The summed E-state index contributed by atoms with van der Waals surface area (Å²) in [4.78, 5) is 44.5. The molecule has 2 amide bonds. The summed E-state index contributed by atoms with van der Waals surface area (Å²) in [7, 11) is -2.14. The van der Waals surface area contributed by atoms with Gasteiger partial charge in [0, 0.05) is 17.3 Å². The third kappa shape index (κ3) is 8.29. The van der Waals surface area contributed by atoms with E-state index in [0.29, 0.717) is 17.8 Å². The standard InChI is InChI=1S/C34H43N9O6Si/c1-22(2)30(44)39-32-38-29-28(31(40-32)49-33(45)43(23-14-10-8-11-15-23)24-16-12-9-13-17-24)36-20-42(29)27-18-25(46-21-37-41-35)26(48-27)19-47-50(6,7)34(3,4)5/h8-17,20,22,25-27H,18-19,21H2,1-7H3,(H,38,39,40,44)/t25?,26-,27-/m1/s1. The minimum absolute atomic E-state index is 0.0226. The van der Waals surface area contributed by atoms with Crippen molar-refractivity contribution in [2.45, 2.75) is 77.6 Å². The Kier molecular flexibility index (Phi) is 11.2. The van der Waals surface area contributed by atoms with E-state index >= 15 is 0 Å². The Bertz CT molecular complexity index is 1800. The van der Waals surface area contributed by atoms with Crippen molar-refractivity contribution in [2.75, 3.05) is 23.6 Å². The largest absolute Gasteiger partial charge is 0.425 e. The number of para-hydroxylation sites is 2. The maximum atomic E-state index is 13.9. The van der Waals surface area contributed by atoms with Gasteiger partial charge in [0.05, 0.1) is 30.4 Å². The van der Waals surface area contributed by atoms with Crippen LogP contribution in [0.2, 0.25) is 18.1 Å². The van der Waals surface area contributed by atoms with E-state index in [0.717, 1.165) is 0 Å². The molecule has 50 heavy (non-hydrogen) atoms. The highest BCUT2D eigenvalue weighted by Crippen LogP contribution is 2.39. The van der Waals surface area contributed by atoms with Crippen LogP contribution in [0.4, 0.5) is 22.1 Å². The van der Waals surface area contributed by atoms with Crippen molar-refractivity contribution in [3.63, 3.8) is 0 Å². The smallest absolute Gasteiger partial charge is 0.414 e. The molecule has 264 valence electrons. The quantitative estimate of drug-likeness (QED) is 0.0670. The van der Waals surface area contributed by atoms with Crippen LogP contribution in [0.25, 0.3) is 21.6 Å². The second-order valence-corrected chi connectivity index (χ2v) is 18.5. The first-order valence-electron chi connectivity index (χ1n) is 16.4. The maximum Gasteiger partial charge on any atom is 0.425 e. The molecule has 1 aliphatic heterocycles. The highest BCUT2D eigenvalue weighted by molar-refractivity contribution is 6.74. The lowest BCUT2D eigenvalue weighted by Crippen LogP contribution is -2.44. The van der Waals surface area contributed by atoms with Gasteiger partial charge in [-0.25, -0.2) is 14.7 Å². The lowest BCUT2D eigenvalue weighted by molar-refractivity contribution is -0.118. The fraction of sp³-hybridized carbons (Fsp3) is 0.441. The zero-order valence-electron chi connectivity index (χ0n) is 29.3. The van der Waals surface area contributed by atoms with Crippen molar-refractivity contribution in [3.05, 3.63) is 77.4 Å². The van der Waals surface area contributed by atoms with E-state index in [1.807, 2.05) is 36.4 Å². The monoisotopic (exact) mass is 701 g/mol. The molecule has 16 heteroatoms. The van der Waals surface area contributed by atoms with E-state index < -0.39 is 32.8 Å². The number of benzene rings is 2. The molecule has 0 radical (unpaired) electrons. The van der Waals surface area contributed by atoms with Crippen LogP contribution in [-0.2, 0) is 18.7 Å². The Morgan fingerprint density at radius 3 is 2.32 bits per heavy atom. The number of ether oxygens (including phenoxy) is 3. The number of nitrogens with one attached hydrogen (secondary N) is 1. The van der Waals surface area contributed by atoms with Crippen LogP contribution in [0.5, 0.6) is 5.88 Å². The summed E-state index contributed by atoms with van der Waals surface area (Å²) in [5.74, 6) is -0.916. The van der Waals surface area contributed by atoms with E-state index in [2.05, 4.69) is 64.2 Å². The average molecular weight is 702 g/mol. The third-order valence-electron chi connectivity index (χ3n) is 8.86. The SMILES string of the molecule is CC(C)C(=O)Nc1nc(OC(=O)N(c2ccccc2)c2ccccc2)c2ncn([C@H]3CC(OCN=[N+]=[N-])[C@@H](CO[Si](C)(C)C(C)(C)C)O3)c2n1. The number of carbonyl (C=O) groups is 2. The van der Waals surface area contributed by atoms with E-state index in [1.165, 1.54) is 11.2 Å². The lowest BCUT2D eigenvalue weighted by atomic mass is 10.2. The second kappa shape index (κ2) is 15.4. The summed E-state index contributed by atoms with van der Waals surface area (Å²) in [6.45, 7) is 14.4. The molecule has 1 fully saturated rings. The molecule has 0 saturated carbocycles. The molecule has 1 unspecified atom stereocenters. The van der Waals surface area contributed by atoms with Gasteiger partial charge in [0.1, 0.15) is 19.1 Å². The predicted molar refractivity (Wildman–Crippen MR) is 190 cm³/mol. The van der Waals surface area contributed by atoms with E-state index in [-0.39, 0.29) is 53.2 Å². The lowest BCUT2D eigenvalue weighted by Gasteiger charge is -2.37. The van der Waals surface area contributed by atoms with Crippen LogP contribution < -0.4 is 15.0 Å². The molecular formula is C34H43N9O6Si. The van der Waals surface area contributed by atoms with E-state index in [1.54, 1.807) is 42.7 Å². The first-order valence-corrected chi connectivity index (χ1v) is 19.3. The number of hydrogen-bond donors (Lipinski definition) is 1. The van der Waals surface area contributed by atoms with Crippen molar-refractivity contribution in [2.24, 2.45) is 11.0 Å². The van der Waals surface area contributed by atoms with Crippen LogP contribution in [0.15, 0.2) is 72.1 Å². The number of nitrogens with zero attached hydrogens (tertiary/aromatic N) is 8. The Hall–Kier alpha value is -4.86. The summed E-state index contributed by atoms with van der Waals surface area (Å²) in [6.07, 6.45) is -0.489. The van der Waals surface area contributed by atoms with Gasteiger partial charge in [-0.05, 0) is 47.9 Å². The molecule has 5 rings (SSSR count). The van der Waals surface area contributed by atoms with Gasteiger partial charge in [0.15, 0.2) is 19.5 Å². The normalized spacial score (nSPS) is 17.8. The van der Waals surface area contributed by atoms with Crippen molar-refractivity contribution in [3.8, 4) is 5.88 Å². The highest BCUT2D eigenvalue weighted by Gasteiger charge is 2.42. The number of anilines is 3. The molecule has 1 aliphatic rings. The van der Waals surface area contributed by atoms with Crippen LogP contribution >= 0.6 is 0 Å². The number of carbonyl (C=O) groups excluding carboxylic acids is 2. The summed E-state index contributed by atoms with van der Waals surface area (Å²) in [5.41, 5.74) is 10.4. The van der Waals surface area contributed by atoms with Crippen LogP contribution in [0.3, 0.4) is 0 Å². The number of rotatable bonds is 12. The van der Waals surface area contributed by atoms with Gasteiger partial charge in [0.25, 0.3) is 5.88 Å². The molecule has 1 saturated heterocycles. The molecule has 0 spiro atoms. The molecule has 2 aromatic carbocycles. The third-order valence-corrected chi connectivity index (χ3v) is 13.4. The van der Waals surface area contributed by atoms with Crippen LogP contribution in [0.1, 0.15) is 47.3 Å². The highest BCUT2D eigenvalue weighted by atomic mass is 28.4. The Morgan fingerprint density at radius 2 is 1.74 bits per heavy atom. The number of amides is 2.